The maximum atomic E-state index is 11.9. The lowest BCUT2D eigenvalue weighted by Gasteiger charge is -2.28. The summed E-state index contributed by atoms with van der Waals surface area (Å²) in [5.74, 6) is -0.0655. The Morgan fingerprint density at radius 2 is 1.72 bits per heavy atom. The average molecular weight is 356 g/mol. The van der Waals surface area contributed by atoms with Gasteiger partial charge in [0.05, 0.1) is 25.9 Å². The quantitative estimate of drug-likeness (QED) is 0.543. The predicted molar refractivity (Wildman–Crippen MR) is 94.1 cm³/mol. The molecule has 1 saturated carbocycles. The highest BCUT2D eigenvalue weighted by Gasteiger charge is 2.25. The molecule has 0 aromatic rings. The van der Waals surface area contributed by atoms with Crippen LogP contribution in [0.25, 0.3) is 0 Å². The molecule has 144 valence electrons. The van der Waals surface area contributed by atoms with Gasteiger partial charge < -0.3 is 20.1 Å². The Morgan fingerprint density at radius 3 is 2.32 bits per heavy atom. The highest BCUT2D eigenvalue weighted by molar-refractivity contribution is 5.85. The van der Waals surface area contributed by atoms with Gasteiger partial charge in [-0.3, -0.25) is 14.4 Å². The first-order valence-corrected chi connectivity index (χ1v) is 9.20. The van der Waals surface area contributed by atoms with Crippen LogP contribution in [0.2, 0.25) is 0 Å². The number of hydrogen-bond donors (Lipinski definition) is 2. The molecule has 0 spiro atoms. The van der Waals surface area contributed by atoms with Gasteiger partial charge in [-0.05, 0) is 39.5 Å². The van der Waals surface area contributed by atoms with Crippen LogP contribution in [0.5, 0.6) is 0 Å². The van der Waals surface area contributed by atoms with Crippen molar-refractivity contribution in [3.05, 3.63) is 0 Å². The van der Waals surface area contributed by atoms with Gasteiger partial charge in [0.15, 0.2) is 0 Å². The Hall–Kier alpha value is -1.47. The minimum atomic E-state index is -0.322. The summed E-state index contributed by atoms with van der Waals surface area (Å²) in [5.41, 5.74) is 0. The predicted octanol–water partition coefficient (Wildman–Crippen LogP) is 1.20. The van der Waals surface area contributed by atoms with Crippen LogP contribution >= 0.6 is 0 Å². The maximum Gasteiger partial charge on any atom is 0.246 e. The van der Waals surface area contributed by atoms with Crippen molar-refractivity contribution >= 4 is 17.6 Å². The molecular formula is C18H32N2O5. The number of carbonyl (C=O) groups is 3. The summed E-state index contributed by atoms with van der Waals surface area (Å²) < 4.78 is 10.5. The van der Waals surface area contributed by atoms with Crippen LogP contribution in [0.1, 0.15) is 52.9 Å². The SMILES string of the molecule is CCC(=O)C1CCC(NC(=O)CNC(=O)COCCOC(C)C)CC1. The van der Waals surface area contributed by atoms with E-state index in [1.165, 1.54) is 0 Å². The van der Waals surface area contributed by atoms with Crippen molar-refractivity contribution in [3.63, 3.8) is 0 Å². The van der Waals surface area contributed by atoms with Crippen molar-refractivity contribution < 1.29 is 23.9 Å². The molecular weight excluding hydrogens is 324 g/mol. The third-order valence-corrected chi connectivity index (χ3v) is 4.25. The second kappa shape index (κ2) is 12.0. The van der Waals surface area contributed by atoms with E-state index >= 15 is 0 Å². The molecule has 2 N–H and O–H groups in total. The van der Waals surface area contributed by atoms with Gasteiger partial charge in [-0.2, -0.15) is 0 Å². The van der Waals surface area contributed by atoms with Crippen molar-refractivity contribution in [3.8, 4) is 0 Å². The van der Waals surface area contributed by atoms with E-state index in [0.29, 0.717) is 25.4 Å². The van der Waals surface area contributed by atoms with Crippen LogP contribution in [0, 0.1) is 5.92 Å². The Balaban J connectivity index is 2.09. The van der Waals surface area contributed by atoms with Crippen LogP contribution in [-0.4, -0.2) is 56.1 Å². The molecule has 0 aliphatic heterocycles. The lowest BCUT2D eigenvalue weighted by Crippen LogP contribution is -2.44. The molecule has 1 aliphatic carbocycles. The number of hydrogen-bond acceptors (Lipinski definition) is 5. The fourth-order valence-corrected chi connectivity index (χ4v) is 2.86. The molecule has 0 saturated heterocycles. The van der Waals surface area contributed by atoms with E-state index in [9.17, 15) is 14.4 Å². The Morgan fingerprint density at radius 1 is 1.04 bits per heavy atom. The summed E-state index contributed by atoms with van der Waals surface area (Å²) in [6.45, 7) is 6.39. The topological polar surface area (TPSA) is 93.7 Å². The van der Waals surface area contributed by atoms with E-state index in [1.807, 2.05) is 20.8 Å². The second-order valence-electron chi connectivity index (χ2n) is 6.68. The summed E-state index contributed by atoms with van der Waals surface area (Å²) in [6.07, 6.45) is 4.01. The molecule has 0 atom stereocenters. The molecule has 0 unspecified atom stereocenters. The first-order chi connectivity index (χ1) is 11.9. The van der Waals surface area contributed by atoms with Gasteiger partial charge in [-0.1, -0.05) is 6.92 Å². The molecule has 1 rings (SSSR count). The number of rotatable bonds is 11. The largest absolute Gasteiger partial charge is 0.376 e. The molecule has 0 heterocycles. The summed E-state index contributed by atoms with van der Waals surface area (Å²) in [7, 11) is 0. The summed E-state index contributed by atoms with van der Waals surface area (Å²) in [6, 6.07) is 0.0924. The van der Waals surface area contributed by atoms with Crippen LogP contribution in [0.3, 0.4) is 0 Å². The standard InChI is InChI=1S/C18H32N2O5/c1-4-16(21)14-5-7-15(8-6-14)20-17(22)11-19-18(23)12-24-9-10-25-13(2)3/h13-15H,4-12H2,1-3H3,(H,19,23)(H,20,22). The third kappa shape index (κ3) is 9.55. The highest BCUT2D eigenvalue weighted by Crippen LogP contribution is 2.25. The summed E-state index contributed by atoms with van der Waals surface area (Å²) in [5, 5.41) is 5.45. The minimum Gasteiger partial charge on any atom is -0.376 e. The van der Waals surface area contributed by atoms with Gasteiger partial charge in [0.1, 0.15) is 12.4 Å². The number of ether oxygens (including phenoxy) is 2. The molecule has 7 heteroatoms. The highest BCUT2D eigenvalue weighted by atomic mass is 16.5. The van der Waals surface area contributed by atoms with E-state index in [0.717, 1.165) is 25.7 Å². The smallest absolute Gasteiger partial charge is 0.246 e. The van der Waals surface area contributed by atoms with E-state index in [1.54, 1.807) is 0 Å². The van der Waals surface area contributed by atoms with Crippen molar-refractivity contribution in [2.24, 2.45) is 5.92 Å². The number of carbonyl (C=O) groups excluding carboxylic acids is 3. The molecule has 1 aliphatic rings. The number of amides is 2. The molecule has 1 fully saturated rings. The monoisotopic (exact) mass is 356 g/mol. The lowest BCUT2D eigenvalue weighted by atomic mass is 9.83. The number of ketones is 1. The average Bonchev–Trinajstić information content (AvgIpc) is 2.59. The van der Waals surface area contributed by atoms with Crippen molar-refractivity contribution in [1.82, 2.24) is 10.6 Å². The summed E-state index contributed by atoms with van der Waals surface area (Å²) in [4.78, 5) is 35.2. The van der Waals surface area contributed by atoms with E-state index in [2.05, 4.69) is 10.6 Å². The van der Waals surface area contributed by atoms with E-state index in [4.69, 9.17) is 9.47 Å². The van der Waals surface area contributed by atoms with Crippen molar-refractivity contribution in [2.75, 3.05) is 26.4 Å². The minimum absolute atomic E-state index is 0.0570. The van der Waals surface area contributed by atoms with Gasteiger partial charge in [-0.15, -0.1) is 0 Å². The second-order valence-corrected chi connectivity index (χ2v) is 6.68. The van der Waals surface area contributed by atoms with Gasteiger partial charge >= 0.3 is 0 Å². The molecule has 0 radical (unpaired) electrons. The molecule has 2 amide bonds. The van der Waals surface area contributed by atoms with Gasteiger partial charge in [-0.25, -0.2) is 0 Å². The molecule has 25 heavy (non-hydrogen) atoms. The lowest BCUT2D eigenvalue weighted by molar-refractivity contribution is -0.130. The first-order valence-electron chi connectivity index (χ1n) is 9.20. The molecule has 0 aromatic carbocycles. The van der Waals surface area contributed by atoms with Crippen LogP contribution < -0.4 is 10.6 Å². The first kappa shape index (κ1) is 21.6. The maximum absolute atomic E-state index is 11.9. The summed E-state index contributed by atoms with van der Waals surface area (Å²) >= 11 is 0. The fraction of sp³-hybridized carbons (Fsp3) is 0.833. The van der Waals surface area contributed by atoms with E-state index < -0.39 is 0 Å². The van der Waals surface area contributed by atoms with Crippen LogP contribution in [0.15, 0.2) is 0 Å². The van der Waals surface area contributed by atoms with Gasteiger partial charge in [0, 0.05) is 18.4 Å². The van der Waals surface area contributed by atoms with Gasteiger partial charge in [0.25, 0.3) is 0 Å². The zero-order valence-electron chi connectivity index (χ0n) is 15.6. The van der Waals surface area contributed by atoms with Crippen LogP contribution in [0.4, 0.5) is 0 Å². The van der Waals surface area contributed by atoms with Gasteiger partial charge in [0.2, 0.25) is 11.8 Å². The Labute approximate surface area is 150 Å². The van der Waals surface area contributed by atoms with Crippen molar-refractivity contribution in [2.45, 2.75) is 65.0 Å². The van der Waals surface area contributed by atoms with Crippen LogP contribution in [-0.2, 0) is 23.9 Å². The fourth-order valence-electron chi connectivity index (χ4n) is 2.86. The normalized spacial score (nSPS) is 20.3. The molecule has 0 aromatic heterocycles. The Kier molecular flexibility index (Phi) is 10.3. The molecule has 0 bridgehead atoms. The molecule has 7 nitrogen and oxygen atoms in total. The number of nitrogens with one attached hydrogen (secondary N) is 2. The zero-order valence-corrected chi connectivity index (χ0v) is 15.6. The number of Topliss-reactive ketones (excluding diaryl/α,β-unsaturated/α-hetero) is 1. The Bertz CT molecular complexity index is 431. The van der Waals surface area contributed by atoms with E-state index in [-0.39, 0.29) is 43.0 Å². The zero-order chi connectivity index (χ0) is 18.7. The van der Waals surface area contributed by atoms with Crippen molar-refractivity contribution in [1.29, 1.82) is 0 Å². The third-order valence-electron chi connectivity index (χ3n) is 4.25.